The maximum absolute atomic E-state index is 11.9. The van der Waals surface area contributed by atoms with Gasteiger partial charge in [0.05, 0.1) is 15.8 Å². The second-order valence-electron chi connectivity index (χ2n) is 4.07. The van der Waals surface area contributed by atoms with E-state index in [0.717, 1.165) is 10.5 Å². The Labute approximate surface area is 126 Å². The Kier molecular flexibility index (Phi) is 5.32. The molecule has 0 heterocycles. The van der Waals surface area contributed by atoms with E-state index in [1.807, 2.05) is 36.4 Å². The fraction of sp³-hybridized carbons (Fsp3) is 0.133. The predicted molar refractivity (Wildman–Crippen MR) is 82.3 cm³/mol. The summed E-state index contributed by atoms with van der Waals surface area (Å²) in [4.78, 5) is 12.8. The first-order chi connectivity index (χ1) is 9.15. The molecule has 2 aromatic carbocycles. The first-order valence-corrected chi connectivity index (χ1v) is 7.53. The summed E-state index contributed by atoms with van der Waals surface area (Å²) in [6.07, 6.45) is 0.467. The lowest BCUT2D eigenvalue weighted by Gasteiger charge is -2.03. The molecule has 2 aromatic rings. The molecule has 0 aromatic heterocycles. The van der Waals surface area contributed by atoms with E-state index < -0.39 is 0 Å². The summed E-state index contributed by atoms with van der Waals surface area (Å²) in [7, 11) is 0. The monoisotopic (exact) mass is 310 g/mol. The predicted octanol–water partition coefficient (Wildman–Crippen LogP) is 4.90. The lowest BCUT2D eigenvalue weighted by molar-refractivity contribution is -0.116. The van der Waals surface area contributed by atoms with Crippen LogP contribution in [0.2, 0.25) is 10.0 Å². The molecule has 0 saturated carbocycles. The van der Waals surface area contributed by atoms with E-state index in [1.165, 1.54) is 11.8 Å². The van der Waals surface area contributed by atoms with Crippen LogP contribution in [0.1, 0.15) is 5.56 Å². The maximum Gasteiger partial charge on any atom is 0.147 e. The fourth-order valence-electron chi connectivity index (χ4n) is 1.61. The summed E-state index contributed by atoms with van der Waals surface area (Å²) in [5.41, 5.74) is 1.04. The standard InChI is InChI=1S/C15H12Cl2OS/c16-14-7-6-13(9-15(14)17)19-10-12(18)8-11-4-2-1-3-5-11/h1-7,9H,8,10H2. The van der Waals surface area contributed by atoms with E-state index in [-0.39, 0.29) is 5.78 Å². The molecule has 0 bridgehead atoms. The van der Waals surface area contributed by atoms with Crippen molar-refractivity contribution in [1.82, 2.24) is 0 Å². The van der Waals surface area contributed by atoms with E-state index >= 15 is 0 Å². The molecule has 0 amide bonds. The molecule has 0 radical (unpaired) electrons. The quantitative estimate of drug-likeness (QED) is 0.731. The molecular weight excluding hydrogens is 299 g/mol. The van der Waals surface area contributed by atoms with E-state index in [9.17, 15) is 4.79 Å². The van der Waals surface area contributed by atoms with Crippen molar-refractivity contribution in [2.45, 2.75) is 11.3 Å². The molecular formula is C15H12Cl2OS. The Morgan fingerprint density at radius 3 is 2.42 bits per heavy atom. The third-order valence-electron chi connectivity index (χ3n) is 2.54. The molecule has 0 aliphatic carbocycles. The van der Waals surface area contributed by atoms with Crippen molar-refractivity contribution in [1.29, 1.82) is 0 Å². The van der Waals surface area contributed by atoms with Crippen molar-refractivity contribution in [3.05, 3.63) is 64.1 Å². The number of ketones is 1. The van der Waals surface area contributed by atoms with Gasteiger partial charge in [-0.05, 0) is 23.8 Å². The van der Waals surface area contributed by atoms with Crippen LogP contribution in [0, 0.1) is 0 Å². The van der Waals surface area contributed by atoms with E-state index in [2.05, 4.69) is 0 Å². The molecule has 4 heteroatoms. The first-order valence-electron chi connectivity index (χ1n) is 5.78. The zero-order chi connectivity index (χ0) is 13.7. The normalized spacial score (nSPS) is 10.4. The minimum Gasteiger partial charge on any atom is -0.298 e. The highest BCUT2D eigenvalue weighted by molar-refractivity contribution is 8.00. The topological polar surface area (TPSA) is 17.1 Å². The molecule has 0 aliphatic rings. The molecule has 0 aliphatic heterocycles. The SMILES string of the molecule is O=C(CSc1ccc(Cl)c(Cl)c1)Cc1ccccc1. The zero-order valence-corrected chi connectivity index (χ0v) is 12.4. The van der Waals surface area contributed by atoms with Gasteiger partial charge in [-0.25, -0.2) is 0 Å². The Hall–Kier alpha value is -0.960. The van der Waals surface area contributed by atoms with E-state index in [0.29, 0.717) is 22.2 Å². The summed E-state index contributed by atoms with van der Waals surface area (Å²) >= 11 is 13.2. The number of rotatable bonds is 5. The molecule has 0 unspecified atom stereocenters. The van der Waals surface area contributed by atoms with Gasteiger partial charge in [0.25, 0.3) is 0 Å². The van der Waals surface area contributed by atoms with Crippen LogP contribution in [-0.4, -0.2) is 11.5 Å². The zero-order valence-electron chi connectivity index (χ0n) is 10.1. The van der Waals surface area contributed by atoms with Gasteiger partial charge in [0.2, 0.25) is 0 Å². The van der Waals surface area contributed by atoms with Gasteiger partial charge in [0.15, 0.2) is 0 Å². The van der Waals surface area contributed by atoms with Gasteiger partial charge in [-0.3, -0.25) is 4.79 Å². The van der Waals surface area contributed by atoms with E-state index in [4.69, 9.17) is 23.2 Å². The first kappa shape index (κ1) is 14.4. The van der Waals surface area contributed by atoms with Gasteiger partial charge in [-0.1, -0.05) is 53.5 Å². The number of hydrogen-bond donors (Lipinski definition) is 0. The van der Waals surface area contributed by atoms with Crippen LogP contribution in [0.15, 0.2) is 53.4 Å². The molecule has 0 fully saturated rings. The van der Waals surface area contributed by atoms with Crippen LogP contribution in [0.3, 0.4) is 0 Å². The summed E-state index contributed by atoms with van der Waals surface area (Å²) in [6.45, 7) is 0. The molecule has 98 valence electrons. The Bertz CT molecular complexity index is 570. The van der Waals surface area contributed by atoms with Gasteiger partial charge in [-0.15, -0.1) is 11.8 Å². The summed E-state index contributed by atoms with van der Waals surface area (Å²) in [5, 5.41) is 1.05. The van der Waals surface area contributed by atoms with Crippen molar-refractivity contribution in [3.8, 4) is 0 Å². The number of halogens is 2. The third kappa shape index (κ3) is 4.57. The van der Waals surface area contributed by atoms with E-state index in [1.54, 1.807) is 12.1 Å². The number of carbonyl (C=O) groups excluding carboxylic acids is 1. The summed E-state index contributed by atoms with van der Waals surface area (Å²) in [5.74, 6) is 0.634. The van der Waals surface area contributed by atoms with Crippen LogP contribution in [0.5, 0.6) is 0 Å². The van der Waals surface area contributed by atoms with Gasteiger partial charge >= 0.3 is 0 Å². The Morgan fingerprint density at radius 1 is 1.00 bits per heavy atom. The lowest BCUT2D eigenvalue weighted by atomic mass is 10.1. The van der Waals surface area contributed by atoms with Crippen molar-refractivity contribution in [2.75, 3.05) is 5.75 Å². The van der Waals surface area contributed by atoms with Gasteiger partial charge in [-0.2, -0.15) is 0 Å². The molecule has 1 nitrogen and oxygen atoms in total. The average molecular weight is 311 g/mol. The summed E-state index contributed by atoms with van der Waals surface area (Å²) < 4.78 is 0. The van der Waals surface area contributed by atoms with Crippen LogP contribution >= 0.6 is 35.0 Å². The highest BCUT2D eigenvalue weighted by Gasteiger charge is 2.06. The van der Waals surface area contributed by atoms with Crippen molar-refractivity contribution in [3.63, 3.8) is 0 Å². The second-order valence-corrected chi connectivity index (χ2v) is 5.93. The fourth-order valence-corrected chi connectivity index (χ4v) is 2.76. The molecule has 0 saturated heterocycles. The Morgan fingerprint density at radius 2 is 1.74 bits per heavy atom. The molecule has 2 rings (SSSR count). The number of carbonyl (C=O) groups is 1. The van der Waals surface area contributed by atoms with Crippen LogP contribution < -0.4 is 0 Å². The Balaban J connectivity index is 1.88. The average Bonchev–Trinajstić information content (AvgIpc) is 2.41. The molecule has 0 atom stereocenters. The van der Waals surface area contributed by atoms with Gasteiger partial charge in [0, 0.05) is 11.3 Å². The molecule has 0 spiro atoms. The second kappa shape index (κ2) is 6.99. The number of thioether (sulfide) groups is 1. The molecule has 0 N–H and O–H groups in total. The number of hydrogen-bond acceptors (Lipinski definition) is 2. The van der Waals surface area contributed by atoms with Crippen molar-refractivity contribution >= 4 is 40.7 Å². The largest absolute Gasteiger partial charge is 0.298 e. The van der Waals surface area contributed by atoms with Crippen LogP contribution in [0.25, 0.3) is 0 Å². The minimum absolute atomic E-state index is 0.197. The summed E-state index contributed by atoms with van der Waals surface area (Å²) in [6, 6.07) is 15.1. The van der Waals surface area contributed by atoms with Gasteiger partial charge in [0.1, 0.15) is 5.78 Å². The smallest absolute Gasteiger partial charge is 0.147 e. The van der Waals surface area contributed by atoms with Crippen LogP contribution in [0.4, 0.5) is 0 Å². The highest BCUT2D eigenvalue weighted by atomic mass is 35.5. The third-order valence-corrected chi connectivity index (χ3v) is 4.33. The van der Waals surface area contributed by atoms with Crippen LogP contribution in [-0.2, 0) is 11.2 Å². The molecule has 19 heavy (non-hydrogen) atoms. The van der Waals surface area contributed by atoms with Crippen molar-refractivity contribution in [2.24, 2.45) is 0 Å². The number of Topliss-reactive ketones (excluding diaryl/α,β-unsaturated/α-hetero) is 1. The number of benzene rings is 2. The van der Waals surface area contributed by atoms with Gasteiger partial charge < -0.3 is 0 Å². The minimum atomic E-state index is 0.197. The van der Waals surface area contributed by atoms with Crippen molar-refractivity contribution < 1.29 is 4.79 Å². The highest BCUT2D eigenvalue weighted by Crippen LogP contribution is 2.28. The lowest BCUT2D eigenvalue weighted by Crippen LogP contribution is -2.05. The maximum atomic E-state index is 11.9.